The Morgan fingerprint density at radius 2 is 1.67 bits per heavy atom. The summed E-state index contributed by atoms with van der Waals surface area (Å²) in [6.45, 7) is 15.3. The standard InChI is InChI=1S/C12H26N2O/c1-8-9(11(2,3)4)10(14-15-13)12(5,6)7/h9H,8,13H2,1-7H3/b14-10+. The van der Waals surface area contributed by atoms with Gasteiger partial charge in [-0.05, 0) is 11.8 Å². The van der Waals surface area contributed by atoms with E-state index in [2.05, 4.69) is 58.6 Å². The lowest BCUT2D eigenvalue weighted by Crippen LogP contribution is -2.36. The Bertz CT molecular complexity index is 221. The van der Waals surface area contributed by atoms with Crippen LogP contribution in [-0.4, -0.2) is 5.71 Å². The van der Waals surface area contributed by atoms with Crippen LogP contribution in [0.15, 0.2) is 5.16 Å². The highest BCUT2D eigenvalue weighted by Crippen LogP contribution is 2.36. The Morgan fingerprint density at radius 3 is 1.87 bits per heavy atom. The molecule has 0 amide bonds. The largest absolute Gasteiger partial charge is 0.303 e. The molecule has 0 aliphatic carbocycles. The lowest BCUT2D eigenvalue weighted by molar-refractivity contribution is 0.139. The Hall–Kier alpha value is -0.570. The van der Waals surface area contributed by atoms with Crippen LogP contribution in [0.2, 0.25) is 0 Å². The van der Waals surface area contributed by atoms with Gasteiger partial charge in [-0.25, -0.2) is 0 Å². The lowest BCUT2D eigenvalue weighted by atomic mass is 9.69. The van der Waals surface area contributed by atoms with Crippen molar-refractivity contribution in [3.63, 3.8) is 0 Å². The van der Waals surface area contributed by atoms with Crippen LogP contribution in [0.5, 0.6) is 0 Å². The number of hydrogen-bond donors (Lipinski definition) is 1. The summed E-state index contributed by atoms with van der Waals surface area (Å²) in [6, 6.07) is 0. The second-order valence-corrected chi connectivity index (χ2v) is 6.16. The molecule has 0 aromatic rings. The molecule has 0 fully saturated rings. The van der Waals surface area contributed by atoms with Crippen LogP contribution in [0.1, 0.15) is 54.9 Å². The highest BCUT2D eigenvalue weighted by atomic mass is 16.7. The Kier molecular flexibility index (Phi) is 4.78. The number of nitrogens with zero attached hydrogens (tertiary/aromatic N) is 1. The van der Waals surface area contributed by atoms with Crippen molar-refractivity contribution in [3.8, 4) is 0 Å². The zero-order chi connectivity index (χ0) is 12.3. The molecule has 2 N–H and O–H groups in total. The molecule has 3 nitrogen and oxygen atoms in total. The number of oxime groups is 1. The zero-order valence-corrected chi connectivity index (χ0v) is 11.2. The molecule has 15 heavy (non-hydrogen) atoms. The van der Waals surface area contributed by atoms with Gasteiger partial charge in [0.25, 0.3) is 0 Å². The molecule has 90 valence electrons. The minimum Gasteiger partial charge on any atom is -0.303 e. The van der Waals surface area contributed by atoms with Crippen molar-refractivity contribution in [2.45, 2.75) is 54.9 Å². The third kappa shape index (κ3) is 4.20. The molecule has 0 bridgehead atoms. The van der Waals surface area contributed by atoms with E-state index in [4.69, 9.17) is 5.90 Å². The maximum Gasteiger partial charge on any atom is 0.0686 e. The van der Waals surface area contributed by atoms with Crippen LogP contribution in [0, 0.1) is 16.7 Å². The molecule has 1 unspecified atom stereocenters. The molecule has 0 saturated carbocycles. The number of nitrogens with two attached hydrogens (primary N) is 1. The second-order valence-electron chi connectivity index (χ2n) is 6.16. The van der Waals surface area contributed by atoms with Gasteiger partial charge in [-0.3, -0.25) is 0 Å². The fourth-order valence-electron chi connectivity index (χ4n) is 2.00. The molecule has 0 saturated heterocycles. The Morgan fingerprint density at radius 1 is 1.20 bits per heavy atom. The van der Waals surface area contributed by atoms with E-state index < -0.39 is 0 Å². The summed E-state index contributed by atoms with van der Waals surface area (Å²) in [4.78, 5) is 4.50. The van der Waals surface area contributed by atoms with E-state index in [1.165, 1.54) is 0 Å². The molecule has 0 rings (SSSR count). The second kappa shape index (κ2) is 4.97. The minimum absolute atomic E-state index is 0.00662. The summed E-state index contributed by atoms with van der Waals surface area (Å²) in [5.41, 5.74) is 1.21. The van der Waals surface area contributed by atoms with Crippen LogP contribution in [0.3, 0.4) is 0 Å². The van der Waals surface area contributed by atoms with E-state index in [0.29, 0.717) is 5.92 Å². The average Bonchev–Trinajstić information content (AvgIpc) is 2.00. The lowest BCUT2D eigenvalue weighted by Gasteiger charge is -2.36. The van der Waals surface area contributed by atoms with Crippen LogP contribution in [0.4, 0.5) is 0 Å². The third-order valence-corrected chi connectivity index (χ3v) is 2.70. The van der Waals surface area contributed by atoms with Crippen molar-refractivity contribution in [1.82, 2.24) is 0 Å². The van der Waals surface area contributed by atoms with Crippen LogP contribution in [0.25, 0.3) is 0 Å². The Balaban J connectivity index is 5.16. The van der Waals surface area contributed by atoms with Gasteiger partial charge in [0.2, 0.25) is 0 Å². The van der Waals surface area contributed by atoms with Gasteiger partial charge in [-0.2, -0.15) is 0 Å². The van der Waals surface area contributed by atoms with Gasteiger partial charge in [0.15, 0.2) is 0 Å². The van der Waals surface area contributed by atoms with Crippen molar-refractivity contribution in [3.05, 3.63) is 0 Å². The smallest absolute Gasteiger partial charge is 0.0686 e. The van der Waals surface area contributed by atoms with Gasteiger partial charge in [-0.1, -0.05) is 53.6 Å². The summed E-state index contributed by atoms with van der Waals surface area (Å²) >= 11 is 0. The molecular formula is C12H26N2O. The summed E-state index contributed by atoms with van der Waals surface area (Å²) in [7, 11) is 0. The highest BCUT2D eigenvalue weighted by Gasteiger charge is 2.34. The summed E-state index contributed by atoms with van der Waals surface area (Å²) in [6.07, 6.45) is 1.04. The molecule has 0 aliphatic rings. The van der Waals surface area contributed by atoms with Crippen molar-refractivity contribution in [2.75, 3.05) is 0 Å². The highest BCUT2D eigenvalue weighted by molar-refractivity contribution is 5.91. The van der Waals surface area contributed by atoms with Crippen LogP contribution < -0.4 is 5.90 Å². The number of hydrogen-bond acceptors (Lipinski definition) is 3. The fraction of sp³-hybridized carbons (Fsp3) is 0.917. The molecule has 0 spiro atoms. The predicted octanol–water partition coefficient (Wildman–Crippen LogP) is 3.35. The summed E-state index contributed by atoms with van der Waals surface area (Å²) < 4.78 is 0. The van der Waals surface area contributed by atoms with E-state index in [1.807, 2.05) is 0 Å². The molecule has 0 aromatic heterocycles. The minimum atomic E-state index is -0.00662. The van der Waals surface area contributed by atoms with Crippen molar-refractivity contribution in [1.29, 1.82) is 0 Å². The first kappa shape index (κ1) is 14.4. The van der Waals surface area contributed by atoms with Crippen LogP contribution >= 0.6 is 0 Å². The molecule has 0 aliphatic heterocycles. The molecule has 3 heteroatoms. The van der Waals surface area contributed by atoms with Crippen LogP contribution in [-0.2, 0) is 4.94 Å². The fourth-order valence-corrected chi connectivity index (χ4v) is 2.00. The van der Waals surface area contributed by atoms with Crippen molar-refractivity contribution < 1.29 is 4.94 Å². The van der Waals surface area contributed by atoms with E-state index >= 15 is 0 Å². The van der Waals surface area contributed by atoms with E-state index in [1.54, 1.807) is 0 Å². The molecule has 0 radical (unpaired) electrons. The first-order valence-corrected chi connectivity index (χ1v) is 5.58. The summed E-state index contributed by atoms with van der Waals surface area (Å²) in [5.74, 6) is 5.46. The molecule has 0 aromatic carbocycles. The molecule has 1 atom stereocenters. The van der Waals surface area contributed by atoms with Gasteiger partial charge in [0.1, 0.15) is 0 Å². The van der Waals surface area contributed by atoms with E-state index in [9.17, 15) is 0 Å². The maximum atomic E-state index is 5.07. The van der Waals surface area contributed by atoms with Crippen molar-refractivity contribution >= 4 is 5.71 Å². The van der Waals surface area contributed by atoms with Gasteiger partial charge in [-0.15, -0.1) is 5.90 Å². The van der Waals surface area contributed by atoms with Gasteiger partial charge in [0, 0.05) is 11.3 Å². The SMILES string of the molecule is CCC(/C(=N\ON)C(C)(C)C)C(C)(C)C. The van der Waals surface area contributed by atoms with Gasteiger partial charge >= 0.3 is 0 Å². The molecule has 0 heterocycles. The monoisotopic (exact) mass is 214 g/mol. The van der Waals surface area contributed by atoms with E-state index in [-0.39, 0.29) is 10.8 Å². The number of rotatable bonds is 3. The summed E-state index contributed by atoms with van der Waals surface area (Å²) in [5, 5.41) is 4.03. The first-order chi connectivity index (χ1) is 6.64. The Labute approximate surface area is 94.0 Å². The predicted molar refractivity (Wildman–Crippen MR) is 65.4 cm³/mol. The first-order valence-electron chi connectivity index (χ1n) is 5.58. The normalized spacial score (nSPS) is 16.4. The zero-order valence-electron chi connectivity index (χ0n) is 11.2. The average molecular weight is 214 g/mol. The van der Waals surface area contributed by atoms with Crippen molar-refractivity contribution in [2.24, 2.45) is 27.8 Å². The third-order valence-electron chi connectivity index (χ3n) is 2.70. The maximum absolute atomic E-state index is 5.07. The van der Waals surface area contributed by atoms with Gasteiger partial charge < -0.3 is 4.94 Å². The van der Waals surface area contributed by atoms with Gasteiger partial charge in [0.05, 0.1) is 5.71 Å². The quantitative estimate of drug-likeness (QED) is 0.578. The molecular weight excluding hydrogens is 188 g/mol. The van der Waals surface area contributed by atoms with E-state index in [0.717, 1.165) is 12.1 Å². The topological polar surface area (TPSA) is 47.6 Å².